The average molecular weight is 346 g/mol. The number of fused-ring (bicyclic) bond motifs is 1. The molecule has 1 atom stereocenters. The second kappa shape index (κ2) is 6.16. The molecule has 3 rings (SSSR count). The molecule has 0 saturated heterocycles. The summed E-state index contributed by atoms with van der Waals surface area (Å²) in [4.78, 5) is 30.5. The molecule has 2 heterocycles. The first-order valence-corrected chi connectivity index (χ1v) is 8.09. The Morgan fingerprint density at radius 2 is 2.00 bits per heavy atom. The van der Waals surface area contributed by atoms with Crippen LogP contribution < -0.4 is 5.56 Å². The molecule has 0 bridgehead atoms. The SMILES string of the molecule is COC(=O)C(C)n1cnc2sc(C)c(-c3ccc(F)cc3)c2c1=O. The van der Waals surface area contributed by atoms with Crippen molar-refractivity contribution >= 4 is 27.5 Å². The van der Waals surface area contributed by atoms with Crippen LogP contribution in [-0.2, 0) is 9.53 Å². The standard InChI is InChI=1S/C17H15FN2O3S/c1-9(17(22)23-3)20-8-19-15-14(16(20)21)13(10(2)24-15)11-4-6-12(18)7-5-11/h4-9H,1-3H3. The van der Waals surface area contributed by atoms with Crippen LogP contribution in [0.4, 0.5) is 4.39 Å². The Morgan fingerprint density at radius 3 is 2.62 bits per heavy atom. The van der Waals surface area contributed by atoms with Gasteiger partial charge in [-0.2, -0.15) is 0 Å². The van der Waals surface area contributed by atoms with Crippen molar-refractivity contribution in [1.82, 2.24) is 9.55 Å². The van der Waals surface area contributed by atoms with Gasteiger partial charge >= 0.3 is 5.97 Å². The van der Waals surface area contributed by atoms with Crippen molar-refractivity contribution in [2.24, 2.45) is 0 Å². The Labute approximate surface area is 141 Å². The summed E-state index contributed by atoms with van der Waals surface area (Å²) >= 11 is 1.39. The number of benzene rings is 1. The lowest BCUT2D eigenvalue weighted by Gasteiger charge is -2.12. The van der Waals surface area contributed by atoms with Crippen molar-refractivity contribution in [2.75, 3.05) is 7.11 Å². The third kappa shape index (κ3) is 2.60. The first kappa shape index (κ1) is 16.3. The molecule has 0 aliphatic heterocycles. The summed E-state index contributed by atoms with van der Waals surface area (Å²) in [7, 11) is 1.27. The lowest BCUT2D eigenvalue weighted by atomic mass is 10.0. The van der Waals surface area contributed by atoms with Crippen molar-refractivity contribution in [3.63, 3.8) is 0 Å². The molecule has 0 radical (unpaired) electrons. The largest absolute Gasteiger partial charge is 0.467 e. The Hall–Kier alpha value is -2.54. The first-order chi connectivity index (χ1) is 11.4. The molecule has 124 valence electrons. The topological polar surface area (TPSA) is 61.2 Å². The molecule has 0 spiro atoms. The number of rotatable bonds is 3. The molecule has 2 aromatic heterocycles. The fraction of sp³-hybridized carbons (Fsp3) is 0.235. The summed E-state index contributed by atoms with van der Waals surface area (Å²) in [6, 6.07) is 5.18. The van der Waals surface area contributed by atoms with E-state index in [2.05, 4.69) is 4.98 Å². The zero-order valence-corrected chi connectivity index (χ0v) is 14.2. The zero-order chi connectivity index (χ0) is 17.4. The smallest absolute Gasteiger partial charge is 0.328 e. The summed E-state index contributed by atoms with van der Waals surface area (Å²) in [5.74, 6) is -0.862. The minimum Gasteiger partial charge on any atom is -0.467 e. The van der Waals surface area contributed by atoms with E-state index in [0.717, 1.165) is 16.0 Å². The number of methoxy groups -OCH3 is 1. The molecule has 1 aromatic carbocycles. The number of carbonyl (C=O) groups is 1. The van der Waals surface area contributed by atoms with Crippen molar-refractivity contribution in [1.29, 1.82) is 0 Å². The van der Waals surface area contributed by atoms with Crippen LogP contribution in [0.15, 0.2) is 35.4 Å². The number of hydrogen-bond acceptors (Lipinski definition) is 5. The Balaban J connectivity index is 2.27. The van der Waals surface area contributed by atoms with E-state index in [0.29, 0.717) is 10.2 Å². The molecule has 1 unspecified atom stereocenters. The number of aromatic nitrogens is 2. The Kier molecular flexibility index (Phi) is 4.19. The molecule has 0 saturated carbocycles. The van der Waals surface area contributed by atoms with E-state index < -0.39 is 12.0 Å². The van der Waals surface area contributed by atoms with Crippen LogP contribution in [0.25, 0.3) is 21.3 Å². The van der Waals surface area contributed by atoms with Crippen LogP contribution >= 0.6 is 11.3 Å². The van der Waals surface area contributed by atoms with Crippen molar-refractivity contribution in [2.45, 2.75) is 19.9 Å². The van der Waals surface area contributed by atoms with E-state index in [4.69, 9.17) is 4.74 Å². The van der Waals surface area contributed by atoms with E-state index in [-0.39, 0.29) is 11.4 Å². The highest BCUT2D eigenvalue weighted by Gasteiger charge is 2.22. The molecule has 0 fully saturated rings. The fourth-order valence-electron chi connectivity index (χ4n) is 2.64. The number of carbonyl (C=O) groups excluding carboxylic acids is 1. The lowest BCUT2D eigenvalue weighted by Crippen LogP contribution is -2.29. The van der Waals surface area contributed by atoms with Crippen LogP contribution in [0.5, 0.6) is 0 Å². The Bertz CT molecular complexity index is 976. The van der Waals surface area contributed by atoms with Gasteiger partial charge in [0.15, 0.2) is 0 Å². The monoisotopic (exact) mass is 346 g/mol. The molecular formula is C17H15FN2O3S. The van der Waals surface area contributed by atoms with Gasteiger partial charge in [-0.25, -0.2) is 14.2 Å². The fourth-order valence-corrected chi connectivity index (χ4v) is 3.64. The summed E-state index contributed by atoms with van der Waals surface area (Å²) in [6.07, 6.45) is 1.36. The molecule has 0 N–H and O–H groups in total. The highest BCUT2D eigenvalue weighted by molar-refractivity contribution is 7.19. The van der Waals surface area contributed by atoms with Crippen molar-refractivity contribution < 1.29 is 13.9 Å². The van der Waals surface area contributed by atoms with Crippen LogP contribution in [0.3, 0.4) is 0 Å². The highest BCUT2D eigenvalue weighted by Crippen LogP contribution is 2.35. The molecule has 3 aromatic rings. The summed E-state index contributed by atoms with van der Waals surface area (Å²) in [5, 5.41) is 0.433. The normalized spacial score (nSPS) is 12.3. The predicted octanol–water partition coefficient (Wildman–Crippen LogP) is 3.31. The maximum atomic E-state index is 13.2. The second-order valence-electron chi connectivity index (χ2n) is 5.38. The third-order valence-corrected chi connectivity index (χ3v) is 4.92. The third-order valence-electron chi connectivity index (χ3n) is 3.91. The molecule has 5 nitrogen and oxygen atoms in total. The van der Waals surface area contributed by atoms with E-state index in [1.807, 2.05) is 6.92 Å². The average Bonchev–Trinajstić information content (AvgIpc) is 2.91. The number of aryl methyl sites for hydroxylation is 1. The van der Waals surface area contributed by atoms with Gasteiger partial charge in [-0.3, -0.25) is 9.36 Å². The second-order valence-corrected chi connectivity index (χ2v) is 6.58. The van der Waals surface area contributed by atoms with E-state index in [1.54, 1.807) is 19.1 Å². The number of thiophene rings is 1. The van der Waals surface area contributed by atoms with Crippen molar-refractivity contribution in [3.05, 3.63) is 51.6 Å². The molecule has 0 amide bonds. The van der Waals surface area contributed by atoms with Gasteiger partial charge in [-0.05, 0) is 31.5 Å². The Morgan fingerprint density at radius 1 is 1.33 bits per heavy atom. The molecule has 24 heavy (non-hydrogen) atoms. The van der Waals surface area contributed by atoms with E-state index in [1.165, 1.54) is 41.5 Å². The van der Waals surface area contributed by atoms with Gasteiger partial charge in [0.1, 0.15) is 16.7 Å². The van der Waals surface area contributed by atoms with Gasteiger partial charge < -0.3 is 4.74 Å². The molecule has 0 aliphatic carbocycles. The van der Waals surface area contributed by atoms with Gasteiger partial charge in [0.2, 0.25) is 0 Å². The number of nitrogens with zero attached hydrogens (tertiary/aromatic N) is 2. The number of ether oxygens (including phenoxy) is 1. The lowest BCUT2D eigenvalue weighted by molar-refractivity contribution is -0.144. The van der Waals surface area contributed by atoms with Gasteiger partial charge in [0, 0.05) is 10.4 Å². The predicted molar refractivity (Wildman–Crippen MR) is 90.7 cm³/mol. The van der Waals surface area contributed by atoms with Crippen LogP contribution in [0, 0.1) is 12.7 Å². The van der Waals surface area contributed by atoms with Gasteiger partial charge in [-0.15, -0.1) is 11.3 Å². The summed E-state index contributed by atoms with van der Waals surface area (Å²) in [5.41, 5.74) is 1.14. The minimum absolute atomic E-state index is 0.318. The maximum Gasteiger partial charge on any atom is 0.328 e. The van der Waals surface area contributed by atoms with Gasteiger partial charge in [0.25, 0.3) is 5.56 Å². The van der Waals surface area contributed by atoms with E-state index in [9.17, 15) is 14.0 Å². The molecule has 7 heteroatoms. The summed E-state index contributed by atoms with van der Waals surface area (Å²) in [6.45, 7) is 3.47. The molecular weight excluding hydrogens is 331 g/mol. The number of esters is 1. The van der Waals surface area contributed by atoms with Crippen LogP contribution in [0.1, 0.15) is 17.8 Å². The first-order valence-electron chi connectivity index (χ1n) is 7.28. The van der Waals surface area contributed by atoms with Crippen LogP contribution in [-0.4, -0.2) is 22.6 Å². The number of halogens is 1. The minimum atomic E-state index is -0.777. The highest BCUT2D eigenvalue weighted by atomic mass is 32.1. The molecule has 0 aliphatic rings. The van der Waals surface area contributed by atoms with E-state index >= 15 is 0 Å². The maximum absolute atomic E-state index is 13.2. The van der Waals surface area contributed by atoms with Gasteiger partial charge in [0.05, 0.1) is 18.8 Å². The summed E-state index contributed by atoms with van der Waals surface area (Å²) < 4.78 is 19.2. The number of hydrogen-bond donors (Lipinski definition) is 0. The van der Waals surface area contributed by atoms with Crippen molar-refractivity contribution in [3.8, 4) is 11.1 Å². The quantitative estimate of drug-likeness (QED) is 0.683. The zero-order valence-electron chi connectivity index (χ0n) is 13.4. The van der Waals surface area contributed by atoms with Crippen LogP contribution in [0.2, 0.25) is 0 Å². The van der Waals surface area contributed by atoms with Gasteiger partial charge in [-0.1, -0.05) is 12.1 Å².